The Bertz CT molecular complexity index is 921. The maximum absolute atomic E-state index is 13.7. The summed E-state index contributed by atoms with van der Waals surface area (Å²) >= 11 is 0. The summed E-state index contributed by atoms with van der Waals surface area (Å²) in [4.78, 5) is 27.0. The summed E-state index contributed by atoms with van der Waals surface area (Å²) in [7, 11) is 0. The molecule has 1 aliphatic rings. The van der Waals surface area contributed by atoms with Gasteiger partial charge in [0.25, 0.3) is 0 Å². The van der Waals surface area contributed by atoms with Crippen LogP contribution in [0.3, 0.4) is 0 Å². The molecule has 3 aromatic rings. The Morgan fingerprint density at radius 1 is 1.22 bits per heavy atom. The van der Waals surface area contributed by atoms with E-state index in [1.165, 1.54) is 6.07 Å². The molecule has 2 aromatic heterocycles. The molecule has 0 bridgehead atoms. The molecule has 27 heavy (non-hydrogen) atoms. The van der Waals surface area contributed by atoms with Gasteiger partial charge in [-0.3, -0.25) is 14.9 Å². The molecular formula is C19H19FN6O. The van der Waals surface area contributed by atoms with E-state index in [9.17, 15) is 9.18 Å². The Hall–Kier alpha value is -3.16. The lowest BCUT2D eigenvalue weighted by Crippen LogP contribution is -2.39. The molecule has 138 valence electrons. The molecule has 1 saturated heterocycles. The van der Waals surface area contributed by atoms with Crippen molar-refractivity contribution < 1.29 is 9.18 Å². The number of halogens is 1. The topological polar surface area (TPSA) is 87.7 Å². The number of carbonyl (C=O) groups excluding carboxylic acids is 1. The second-order valence-electron chi connectivity index (χ2n) is 6.56. The molecule has 0 radical (unpaired) electrons. The number of carbonyl (C=O) groups is 1. The molecule has 7 nitrogen and oxygen atoms in total. The molecular weight excluding hydrogens is 347 g/mol. The van der Waals surface area contributed by atoms with Crippen molar-refractivity contribution in [3.8, 4) is 11.5 Å². The number of H-pyrrole nitrogens is 1. The molecule has 0 aliphatic carbocycles. The monoisotopic (exact) mass is 366 g/mol. The van der Waals surface area contributed by atoms with E-state index in [0.717, 1.165) is 18.7 Å². The summed E-state index contributed by atoms with van der Waals surface area (Å²) in [5, 5.41) is 7.20. The van der Waals surface area contributed by atoms with E-state index in [0.29, 0.717) is 30.2 Å². The molecule has 1 amide bonds. The first-order valence-corrected chi connectivity index (χ1v) is 8.90. The number of nitrogens with one attached hydrogen (secondary N) is 1. The Labute approximate surface area is 155 Å². The smallest absolute Gasteiger partial charge is 0.227 e. The summed E-state index contributed by atoms with van der Waals surface area (Å²) < 4.78 is 13.7. The number of benzene rings is 1. The molecule has 1 aliphatic heterocycles. The lowest BCUT2D eigenvalue weighted by Gasteiger charge is -2.31. The summed E-state index contributed by atoms with van der Waals surface area (Å²) in [6, 6.07) is 6.41. The Morgan fingerprint density at radius 3 is 2.78 bits per heavy atom. The lowest BCUT2D eigenvalue weighted by atomic mass is 9.95. The van der Waals surface area contributed by atoms with Crippen molar-refractivity contribution in [2.24, 2.45) is 0 Å². The molecule has 0 spiro atoms. The molecule has 1 N–H and O–H groups in total. The minimum absolute atomic E-state index is 0.0450. The fourth-order valence-corrected chi connectivity index (χ4v) is 3.30. The quantitative estimate of drug-likeness (QED) is 0.766. The van der Waals surface area contributed by atoms with E-state index in [-0.39, 0.29) is 24.1 Å². The number of piperidine rings is 1. The second kappa shape index (κ2) is 7.61. The highest BCUT2D eigenvalue weighted by atomic mass is 19.1. The van der Waals surface area contributed by atoms with Crippen LogP contribution in [-0.4, -0.2) is 49.0 Å². The van der Waals surface area contributed by atoms with Gasteiger partial charge in [-0.15, -0.1) is 0 Å². The van der Waals surface area contributed by atoms with E-state index < -0.39 is 0 Å². The van der Waals surface area contributed by atoms with Crippen molar-refractivity contribution in [2.45, 2.75) is 25.2 Å². The molecule has 0 saturated carbocycles. The first-order chi connectivity index (χ1) is 13.2. The highest BCUT2D eigenvalue weighted by molar-refractivity contribution is 5.79. The number of rotatable bonds is 4. The number of amides is 1. The predicted octanol–water partition coefficient (Wildman–Crippen LogP) is 2.35. The summed E-state index contributed by atoms with van der Waals surface area (Å²) in [6.07, 6.45) is 6.50. The normalized spacial score (nSPS) is 15.1. The number of hydrogen-bond donors (Lipinski definition) is 1. The first-order valence-electron chi connectivity index (χ1n) is 8.90. The van der Waals surface area contributed by atoms with Gasteiger partial charge >= 0.3 is 0 Å². The Morgan fingerprint density at radius 2 is 2.04 bits per heavy atom. The largest absolute Gasteiger partial charge is 0.342 e. The first kappa shape index (κ1) is 17.3. The number of nitrogens with zero attached hydrogens (tertiary/aromatic N) is 5. The van der Waals surface area contributed by atoms with Gasteiger partial charge in [-0.2, -0.15) is 5.10 Å². The van der Waals surface area contributed by atoms with Crippen LogP contribution in [0.25, 0.3) is 11.5 Å². The Balaban J connectivity index is 1.36. The van der Waals surface area contributed by atoms with Crippen LogP contribution in [0.1, 0.15) is 30.1 Å². The van der Waals surface area contributed by atoms with Gasteiger partial charge in [0, 0.05) is 31.4 Å². The van der Waals surface area contributed by atoms with Crippen LogP contribution in [0.5, 0.6) is 0 Å². The fraction of sp³-hybridized carbons (Fsp3) is 0.316. The van der Waals surface area contributed by atoms with Gasteiger partial charge in [0.1, 0.15) is 17.3 Å². The van der Waals surface area contributed by atoms with Crippen LogP contribution >= 0.6 is 0 Å². The fourth-order valence-electron chi connectivity index (χ4n) is 3.30. The SMILES string of the molecule is O=C(Cc1ccccc1F)N1CCC(c2nc(-c3cnccn3)n[nH]2)CC1. The minimum Gasteiger partial charge on any atom is -0.342 e. The van der Waals surface area contributed by atoms with Crippen LogP contribution < -0.4 is 0 Å². The second-order valence-corrected chi connectivity index (χ2v) is 6.56. The van der Waals surface area contributed by atoms with Crippen LogP contribution in [-0.2, 0) is 11.2 Å². The zero-order chi connectivity index (χ0) is 18.6. The van der Waals surface area contributed by atoms with E-state index >= 15 is 0 Å². The third-order valence-corrected chi connectivity index (χ3v) is 4.83. The van der Waals surface area contributed by atoms with Gasteiger partial charge in [-0.1, -0.05) is 18.2 Å². The maximum Gasteiger partial charge on any atom is 0.227 e. The van der Waals surface area contributed by atoms with E-state index in [2.05, 4.69) is 25.1 Å². The van der Waals surface area contributed by atoms with Crippen molar-refractivity contribution in [3.05, 3.63) is 60.1 Å². The van der Waals surface area contributed by atoms with Gasteiger partial charge < -0.3 is 4.90 Å². The van der Waals surface area contributed by atoms with Gasteiger partial charge in [0.05, 0.1) is 12.6 Å². The van der Waals surface area contributed by atoms with Crippen LogP contribution in [0, 0.1) is 5.82 Å². The van der Waals surface area contributed by atoms with Crippen molar-refractivity contribution in [2.75, 3.05) is 13.1 Å². The number of aromatic amines is 1. The average molecular weight is 366 g/mol. The Kier molecular flexibility index (Phi) is 4.86. The molecule has 1 fully saturated rings. The minimum atomic E-state index is -0.334. The zero-order valence-electron chi connectivity index (χ0n) is 14.7. The van der Waals surface area contributed by atoms with E-state index in [1.807, 2.05) is 0 Å². The summed E-state index contributed by atoms with van der Waals surface area (Å²) in [5.41, 5.74) is 1.06. The molecule has 8 heteroatoms. The van der Waals surface area contributed by atoms with Crippen molar-refractivity contribution in [3.63, 3.8) is 0 Å². The molecule has 0 atom stereocenters. The summed E-state index contributed by atoms with van der Waals surface area (Å²) in [5.74, 6) is 1.16. The standard InChI is InChI=1S/C19H19FN6O/c20-15-4-2-1-3-14(15)11-17(27)26-9-5-13(6-10-26)18-23-19(25-24-18)16-12-21-7-8-22-16/h1-4,7-8,12-13H,5-6,9-11H2,(H,23,24,25). The van der Waals surface area contributed by atoms with Gasteiger partial charge in [-0.25, -0.2) is 14.4 Å². The predicted molar refractivity (Wildman–Crippen MR) is 96.1 cm³/mol. The highest BCUT2D eigenvalue weighted by Crippen LogP contribution is 2.27. The molecule has 1 aromatic carbocycles. The van der Waals surface area contributed by atoms with Crippen molar-refractivity contribution >= 4 is 5.91 Å². The van der Waals surface area contributed by atoms with E-state index in [1.54, 1.807) is 41.7 Å². The van der Waals surface area contributed by atoms with Gasteiger partial charge in [-0.05, 0) is 24.5 Å². The number of aromatic nitrogens is 5. The number of hydrogen-bond acceptors (Lipinski definition) is 5. The van der Waals surface area contributed by atoms with Crippen LogP contribution in [0.2, 0.25) is 0 Å². The lowest BCUT2D eigenvalue weighted by molar-refractivity contribution is -0.131. The number of likely N-dealkylation sites (tertiary alicyclic amines) is 1. The van der Waals surface area contributed by atoms with Crippen LogP contribution in [0.15, 0.2) is 42.9 Å². The maximum atomic E-state index is 13.7. The third-order valence-electron chi connectivity index (χ3n) is 4.83. The molecule has 0 unspecified atom stereocenters. The highest BCUT2D eigenvalue weighted by Gasteiger charge is 2.26. The van der Waals surface area contributed by atoms with Gasteiger partial charge in [0.2, 0.25) is 11.7 Å². The third kappa shape index (κ3) is 3.84. The molecule has 4 rings (SSSR count). The van der Waals surface area contributed by atoms with E-state index in [4.69, 9.17) is 0 Å². The molecule has 3 heterocycles. The van der Waals surface area contributed by atoms with Gasteiger partial charge in [0.15, 0.2) is 0 Å². The van der Waals surface area contributed by atoms with Crippen LogP contribution in [0.4, 0.5) is 4.39 Å². The average Bonchev–Trinajstić information content (AvgIpc) is 3.21. The zero-order valence-corrected chi connectivity index (χ0v) is 14.7. The van der Waals surface area contributed by atoms with Crippen molar-refractivity contribution in [1.29, 1.82) is 0 Å². The van der Waals surface area contributed by atoms with Crippen molar-refractivity contribution in [1.82, 2.24) is 30.0 Å². The summed E-state index contributed by atoms with van der Waals surface area (Å²) in [6.45, 7) is 1.25.